The molecular weight excluding hydrogens is 417 g/mol. The molecule has 2 N–H and O–H groups in total. The van der Waals surface area contributed by atoms with Gasteiger partial charge in [0.15, 0.2) is 17.4 Å². The predicted octanol–water partition coefficient (Wildman–Crippen LogP) is 1.49. The Morgan fingerprint density at radius 3 is 2.88 bits per heavy atom. The van der Waals surface area contributed by atoms with E-state index in [2.05, 4.69) is 44.7 Å². The van der Waals surface area contributed by atoms with Gasteiger partial charge in [-0.2, -0.15) is 0 Å². The molecule has 1 atom stereocenters. The molecule has 2 aromatic heterocycles. The number of likely N-dealkylation sites (N-methyl/N-ethyl adjacent to an activating group) is 1. The summed E-state index contributed by atoms with van der Waals surface area (Å²) in [4.78, 5) is 6.71. The second-order valence-electron chi connectivity index (χ2n) is 6.10. The molecule has 7 nitrogen and oxygen atoms in total. The number of fused-ring (bicyclic) bond motifs is 1. The number of hydrogen-bond donors (Lipinski definition) is 2. The van der Waals surface area contributed by atoms with E-state index >= 15 is 0 Å². The Labute approximate surface area is 159 Å². The van der Waals surface area contributed by atoms with Crippen LogP contribution >= 0.6 is 24.0 Å². The molecule has 0 aliphatic heterocycles. The predicted molar refractivity (Wildman–Crippen MR) is 107 cm³/mol. The van der Waals surface area contributed by atoms with Crippen LogP contribution in [0.3, 0.4) is 0 Å². The van der Waals surface area contributed by atoms with Gasteiger partial charge in [0.05, 0.1) is 6.54 Å². The van der Waals surface area contributed by atoms with E-state index in [0.717, 1.165) is 30.0 Å². The van der Waals surface area contributed by atoms with Crippen molar-refractivity contribution >= 4 is 35.6 Å². The fourth-order valence-corrected chi connectivity index (χ4v) is 2.62. The van der Waals surface area contributed by atoms with Gasteiger partial charge in [0, 0.05) is 31.9 Å². The van der Waals surface area contributed by atoms with Gasteiger partial charge in [-0.1, -0.05) is 6.07 Å². The zero-order chi connectivity index (χ0) is 16.2. The van der Waals surface area contributed by atoms with E-state index in [4.69, 9.17) is 0 Å². The number of hydrogen-bond acceptors (Lipinski definition) is 4. The zero-order valence-electron chi connectivity index (χ0n) is 14.4. The fourth-order valence-electron chi connectivity index (χ4n) is 2.62. The quantitative estimate of drug-likeness (QED) is 0.403. The van der Waals surface area contributed by atoms with E-state index < -0.39 is 0 Å². The monoisotopic (exact) mass is 443 g/mol. The lowest BCUT2D eigenvalue weighted by molar-refractivity contribution is 0.247. The smallest absolute Gasteiger partial charge is 0.191 e. The number of aromatic nitrogens is 3. The standard InChI is InChI=1S/C16H25N7.HI/c1-12(22(3)13-7-8-13)10-18-16(17-2)19-11-15-21-20-14-6-4-5-9-23(14)15;/h4-6,9,12-13H,7-8,10-11H2,1-3H3,(H2,17,18,19);1H. The highest BCUT2D eigenvalue weighted by atomic mass is 127. The molecule has 0 radical (unpaired) electrons. The molecule has 2 aromatic rings. The van der Waals surface area contributed by atoms with Gasteiger partial charge in [0.1, 0.15) is 0 Å². The normalized spacial score (nSPS) is 16.1. The Kier molecular flexibility index (Phi) is 6.79. The minimum atomic E-state index is 0. The molecule has 0 spiro atoms. The first-order valence-electron chi connectivity index (χ1n) is 8.14. The lowest BCUT2D eigenvalue weighted by Gasteiger charge is -2.25. The highest BCUT2D eigenvalue weighted by Crippen LogP contribution is 2.26. The Balaban J connectivity index is 0.00000208. The van der Waals surface area contributed by atoms with Crippen molar-refractivity contribution in [3.63, 3.8) is 0 Å². The fraction of sp³-hybridized carbons (Fsp3) is 0.562. The molecular formula is C16H26IN7. The maximum Gasteiger partial charge on any atom is 0.191 e. The second kappa shape index (κ2) is 8.61. The van der Waals surface area contributed by atoms with Gasteiger partial charge in [-0.05, 0) is 38.9 Å². The van der Waals surface area contributed by atoms with Crippen LogP contribution in [0, 0.1) is 0 Å². The second-order valence-corrected chi connectivity index (χ2v) is 6.10. The van der Waals surface area contributed by atoms with Crippen LogP contribution in [0.5, 0.6) is 0 Å². The topological polar surface area (TPSA) is 69.8 Å². The maximum atomic E-state index is 4.28. The SMILES string of the molecule is CN=C(NCc1nnc2ccccn12)NCC(C)N(C)C1CC1.I. The van der Waals surface area contributed by atoms with Gasteiger partial charge in [0.25, 0.3) is 0 Å². The Bertz CT molecular complexity index is 680. The van der Waals surface area contributed by atoms with Crippen LogP contribution in [-0.2, 0) is 6.54 Å². The van der Waals surface area contributed by atoms with E-state index in [1.54, 1.807) is 7.05 Å². The van der Waals surface area contributed by atoms with Crippen molar-refractivity contribution in [2.45, 2.75) is 38.4 Å². The Morgan fingerprint density at radius 1 is 1.38 bits per heavy atom. The van der Waals surface area contributed by atoms with E-state index in [-0.39, 0.29) is 24.0 Å². The molecule has 8 heteroatoms. The summed E-state index contributed by atoms with van der Waals surface area (Å²) in [6.07, 6.45) is 4.62. The van der Waals surface area contributed by atoms with Crippen molar-refractivity contribution in [2.75, 3.05) is 20.6 Å². The molecule has 3 rings (SSSR count). The van der Waals surface area contributed by atoms with Crippen LogP contribution in [0.2, 0.25) is 0 Å². The molecule has 0 amide bonds. The summed E-state index contributed by atoms with van der Waals surface area (Å²) < 4.78 is 1.98. The van der Waals surface area contributed by atoms with Gasteiger partial charge < -0.3 is 10.6 Å². The Morgan fingerprint density at radius 2 is 2.17 bits per heavy atom. The zero-order valence-corrected chi connectivity index (χ0v) is 16.8. The minimum Gasteiger partial charge on any atom is -0.355 e. The van der Waals surface area contributed by atoms with Crippen molar-refractivity contribution in [1.82, 2.24) is 30.1 Å². The van der Waals surface area contributed by atoms with Crippen molar-refractivity contribution in [3.05, 3.63) is 30.2 Å². The number of rotatable bonds is 6. The minimum absolute atomic E-state index is 0. The first-order chi connectivity index (χ1) is 11.2. The summed E-state index contributed by atoms with van der Waals surface area (Å²) in [5.74, 6) is 1.65. The molecule has 0 saturated heterocycles. The van der Waals surface area contributed by atoms with Gasteiger partial charge >= 0.3 is 0 Å². The first kappa shape index (κ1) is 18.9. The summed E-state index contributed by atoms with van der Waals surface area (Å²) in [5, 5.41) is 15.1. The van der Waals surface area contributed by atoms with Crippen LogP contribution in [0.15, 0.2) is 29.4 Å². The number of aliphatic imine (C=N–C) groups is 1. The van der Waals surface area contributed by atoms with Gasteiger partial charge in [-0.3, -0.25) is 14.3 Å². The summed E-state index contributed by atoms with van der Waals surface area (Å²) >= 11 is 0. The number of halogens is 1. The lowest BCUT2D eigenvalue weighted by atomic mass is 10.3. The van der Waals surface area contributed by atoms with Gasteiger partial charge in [-0.25, -0.2) is 0 Å². The van der Waals surface area contributed by atoms with E-state index in [9.17, 15) is 0 Å². The summed E-state index contributed by atoms with van der Waals surface area (Å²) in [6.45, 7) is 3.69. The molecule has 1 aliphatic rings. The number of nitrogens with one attached hydrogen (secondary N) is 2. The van der Waals surface area contributed by atoms with Crippen molar-refractivity contribution in [2.24, 2.45) is 4.99 Å². The highest BCUT2D eigenvalue weighted by molar-refractivity contribution is 14.0. The van der Waals surface area contributed by atoms with Crippen LogP contribution in [0.1, 0.15) is 25.6 Å². The molecule has 0 aromatic carbocycles. The molecule has 1 fully saturated rings. The number of pyridine rings is 1. The summed E-state index contributed by atoms with van der Waals surface area (Å²) in [6, 6.07) is 7.12. The maximum absolute atomic E-state index is 4.28. The third-order valence-electron chi connectivity index (χ3n) is 4.40. The average Bonchev–Trinajstić information content (AvgIpc) is 3.35. The summed E-state index contributed by atoms with van der Waals surface area (Å²) in [5.41, 5.74) is 0.854. The van der Waals surface area contributed by atoms with Crippen LogP contribution in [0.25, 0.3) is 5.65 Å². The van der Waals surface area contributed by atoms with E-state index in [1.165, 1.54) is 12.8 Å². The number of guanidine groups is 1. The van der Waals surface area contributed by atoms with Crippen LogP contribution in [-0.4, -0.2) is 58.2 Å². The lowest BCUT2D eigenvalue weighted by Crippen LogP contribution is -2.45. The van der Waals surface area contributed by atoms with Gasteiger partial charge in [0.2, 0.25) is 0 Å². The molecule has 132 valence electrons. The summed E-state index contributed by atoms with van der Waals surface area (Å²) in [7, 11) is 3.98. The van der Waals surface area contributed by atoms with Crippen LogP contribution < -0.4 is 10.6 Å². The number of nitrogens with zero attached hydrogens (tertiary/aromatic N) is 5. The third-order valence-corrected chi connectivity index (χ3v) is 4.40. The van der Waals surface area contributed by atoms with E-state index in [0.29, 0.717) is 12.6 Å². The van der Waals surface area contributed by atoms with Crippen molar-refractivity contribution < 1.29 is 0 Å². The van der Waals surface area contributed by atoms with Gasteiger partial charge in [-0.15, -0.1) is 34.2 Å². The van der Waals surface area contributed by atoms with Crippen molar-refractivity contribution in [1.29, 1.82) is 0 Å². The van der Waals surface area contributed by atoms with Crippen LogP contribution in [0.4, 0.5) is 0 Å². The molecule has 24 heavy (non-hydrogen) atoms. The highest BCUT2D eigenvalue weighted by Gasteiger charge is 2.28. The first-order valence-corrected chi connectivity index (χ1v) is 8.14. The average molecular weight is 443 g/mol. The molecule has 1 saturated carbocycles. The molecule has 1 aliphatic carbocycles. The Hall–Kier alpha value is -1.42. The van der Waals surface area contributed by atoms with Crippen molar-refractivity contribution in [3.8, 4) is 0 Å². The largest absolute Gasteiger partial charge is 0.355 e. The molecule has 2 heterocycles. The molecule has 0 bridgehead atoms. The third kappa shape index (κ3) is 4.56. The molecule has 1 unspecified atom stereocenters. The van der Waals surface area contributed by atoms with E-state index in [1.807, 2.05) is 28.8 Å².